The predicted molar refractivity (Wildman–Crippen MR) is 116 cm³/mol. The molecule has 0 radical (unpaired) electrons. The number of likely N-dealkylation sites (tertiary alicyclic amines) is 2. The van der Waals surface area contributed by atoms with Crippen LogP contribution in [0.5, 0.6) is 0 Å². The number of aliphatic hydroxyl groups excluding tert-OH is 1. The van der Waals surface area contributed by atoms with E-state index in [0.29, 0.717) is 19.4 Å². The summed E-state index contributed by atoms with van der Waals surface area (Å²) in [7, 11) is 0. The third-order valence-electron chi connectivity index (χ3n) is 6.42. The van der Waals surface area contributed by atoms with Crippen molar-refractivity contribution in [3.8, 4) is 6.07 Å². The van der Waals surface area contributed by atoms with Crippen LogP contribution in [0.25, 0.3) is 0 Å². The lowest BCUT2D eigenvalue weighted by Gasteiger charge is -2.49. The van der Waals surface area contributed by atoms with Gasteiger partial charge in [0.15, 0.2) is 0 Å². The van der Waals surface area contributed by atoms with E-state index in [-0.39, 0.29) is 11.3 Å². The number of piperidine rings is 2. The summed E-state index contributed by atoms with van der Waals surface area (Å²) < 4.78 is 0. The van der Waals surface area contributed by atoms with Gasteiger partial charge in [-0.1, -0.05) is 0 Å². The number of carbonyl (C=O) groups excluding carboxylic acids is 1. The zero-order valence-electron chi connectivity index (χ0n) is 17.2. The topological polar surface area (TPSA) is 80.5 Å². The Morgan fingerprint density at radius 1 is 1.27 bits per heavy atom. The molecule has 4 heterocycles. The number of aryl methyl sites for hydroxylation is 1. The minimum atomic E-state index is -0.439. The molecule has 2 aromatic heterocycles. The first-order chi connectivity index (χ1) is 14.5. The van der Waals surface area contributed by atoms with Gasteiger partial charge in [0.1, 0.15) is 10.9 Å². The Hall–Kier alpha value is -2.27. The van der Waals surface area contributed by atoms with Crippen LogP contribution in [0.15, 0.2) is 36.7 Å². The van der Waals surface area contributed by atoms with Gasteiger partial charge in [-0.25, -0.2) is 0 Å². The van der Waals surface area contributed by atoms with E-state index in [9.17, 15) is 9.90 Å². The van der Waals surface area contributed by atoms with Crippen LogP contribution in [-0.2, 0) is 17.8 Å². The number of aliphatic hydroxyl groups is 1. The highest BCUT2D eigenvalue weighted by molar-refractivity contribution is 7.12. The van der Waals surface area contributed by atoms with Crippen molar-refractivity contribution in [2.24, 2.45) is 5.41 Å². The molecule has 158 valence electrons. The number of aromatic nitrogens is 1. The summed E-state index contributed by atoms with van der Waals surface area (Å²) in [5.41, 5.74) is 1.14. The maximum atomic E-state index is 12.8. The van der Waals surface area contributed by atoms with Gasteiger partial charge in [0.2, 0.25) is 5.91 Å². The standard InChI is InChI=1S/C23H28N4O2S/c24-14-20-2-3-21(30-20)16-26-11-7-23(8-12-26)13-19(28)15-27(17-23)22(29)4-1-18-5-9-25-10-6-18/h2-3,5-6,9-10,19,28H,1,4,7-8,11-13,15-17H2. The van der Waals surface area contributed by atoms with Crippen molar-refractivity contribution in [3.63, 3.8) is 0 Å². The second-order valence-corrected chi connectivity index (χ2v) is 9.81. The average Bonchev–Trinajstić information content (AvgIpc) is 3.22. The molecule has 1 amide bonds. The number of nitrogens with zero attached hydrogens (tertiary/aromatic N) is 4. The van der Waals surface area contributed by atoms with Gasteiger partial charge in [-0.15, -0.1) is 11.3 Å². The summed E-state index contributed by atoms with van der Waals surface area (Å²) >= 11 is 1.56. The molecule has 1 N–H and O–H groups in total. The molecular formula is C23H28N4O2S. The Kier molecular flexibility index (Phi) is 6.47. The molecule has 7 heteroatoms. The van der Waals surface area contributed by atoms with E-state index in [0.717, 1.165) is 55.9 Å². The maximum absolute atomic E-state index is 12.8. The van der Waals surface area contributed by atoms with Crippen LogP contribution in [0.3, 0.4) is 0 Å². The van der Waals surface area contributed by atoms with Crippen molar-refractivity contribution in [3.05, 3.63) is 52.0 Å². The number of rotatable bonds is 5. The Labute approximate surface area is 181 Å². The Bertz CT molecular complexity index is 899. The molecular weight excluding hydrogens is 396 g/mol. The molecule has 2 aromatic rings. The van der Waals surface area contributed by atoms with Crippen molar-refractivity contribution in [2.75, 3.05) is 26.2 Å². The van der Waals surface area contributed by atoms with E-state index in [2.05, 4.69) is 16.0 Å². The molecule has 2 aliphatic heterocycles. The predicted octanol–water partition coefficient (Wildman–Crippen LogP) is 2.82. The lowest BCUT2D eigenvalue weighted by Crippen LogP contribution is -2.55. The van der Waals surface area contributed by atoms with Gasteiger partial charge in [0, 0.05) is 43.3 Å². The number of β-amino-alcohol motifs (C(OH)–C–C–N with tert-alkyl or cyclic N) is 1. The molecule has 0 aliphatic carbocycles. The van der Waals surface area contributed by atoms with E-state index >= 15 is 0 Å². The van der Waals surface area contributed by atoms with Crippen molar-refractivity contribution in [2.45, 2.75) is 44.8 Å². The summed E-state index contributed by atoms with van der Waals surface area (Å²) in [5, 5.41) is 19.5. The Morgan fingerprint density at radius 2 is 2.03 bits per heavy atom. The highest BCUT2D eigenvalue weighted by atomic mass is 32.1. The third kappa shape index (κ3) is 5.07. The van der Waals surface area contributed by atoms with Crippen LogP contribution in [0, 0.1) is 16.7 Å². The first-order valence-corrected chi connectivity index (χ1v) is 11.4. The molecule has 2 aliphatic rings. The van der Waals surface area contributed by atoms with Gasteiger partial charge in [0.05, 0.1) is 6.10 Å². The number of nitriles is 1. The van der Waals surface area contributed by atoms with Gasteiger partial charge in [-0.2, -0.15) is 5.26 Å². The SMILES string of the molecule is N#Cc1ccc(CN2CCC3(CC2)CC(O)CN(C(=O)CCc2ccncc2)C3)s1. The number of hydrogen-bond donors (Lipinski definition) is 1. The van der Waals surface area contributed by atoms with Gasteiger partial charge in [0.25, 0.3) is 0 Å². The molecule has 1 spiro atoms. The zero-order chi connectivity index (χ0) is 21.0. The molecule has 1 unspecified atom stereocenters. The molecule has 0 bridgehead atoms. The fourth-order valence-electron chi connectivity index (χ4n) is 4.79. The first kappa shape index (κ1) is 21.0. The average molecular weight is 425 g/mol. The first-order valence-electron chi connectivity index (χ1n) is 10.6. The van der Waals surface area contributed by atoms with Crippen LogP contribution in [-0.4, -0.2) is 58.1 Å². The van der Waals surface area contributed by atoms with Crippen molar-refractivity contribution >= 4 is 17.2 Å². The third-order valence-corrected chi connectivity index (χ3v) is 7.40. The smallest absolute Gasteiger partial charge is 0.223 e. The highest BCUT2D eigenvalue weighted by Crippen LogP contribution is 2.40. The molecule has 2 fully saturated rings. The Balaban J connectivity index is 1.31. The van der Waals surface area contributed by atoms with E-state index in [1.54, 1.807) is 23.7 Å². The summed E-state index contributed by atoms with van der Waals surface area (Å²) in [6.07, 6.45) is 7.02. The highest BCUT2D eigenvalue weighted by Gasteiger charge is 2.42. The maximum Gasteiger partial charge on any atom is 0.223 e. The lowest BCUT2D eigenvalue weighted by molar-refractivity contribution is -0.140. The van der Waals surface area contributed by atoms with Crippen molar-refractivity contribution < 1.29 is 9.90 Å². The van der Waals surface area contributed by atoms with Crippen LogP contribution < -0.4 is 0 Å². The molecule has 6 nitrogen and oxygen atoms in total. The summed E-state index contributed by atoms with van der Waals surface area (Å²) in [6, 6.07) is 10.0. The second kappa shape index (κ2) is 9.25. The van der Waals surface area contributed by atoms with E-state index < -0.39 is 6.10 Å². The van der Waals surface area contributed by atoms with E-state index in [1.807, 2.05) is 29.2 Å². The van der Waals surface area contributed by atoms with Crippen molar-refractivity contribution in [1.82, 2.24) is 14.8 Å². The number of thiophene rings is 1. The molecule has 0 aromatic carbocycles. The lowest BCUT2D eigenvalue weighted by atomic mass is 9.71. The fraction of sp³-hybridized carbons (Fsp3) is 0.522. The molecule has 0 saturated carbocycles. The molecule has 4 rings (SSSR count). The van der Waals surface area contributed by atoms with Crippen LogP contribution in [0.1, 0.15) is 41.0 Å². The minimum absolute atomic E-state index is 0.0216. The van der Waals surface area contributed by atoms with E-state index in [1.165, 1.54) is 4.88 Å². The number of carbonyl (C=O) groups is 1. The second-order valence-electron chi connectivity index (χ2n) is 8.64. The van der Waals surface area contributed by atoms with Crippen LogP contribution in [0.4, 0.5) is 0 Å². The Morgan fingerprint density at radius 3 is 2.73 bits per heavy atom. The number of amides is 1. The number of hydrogen-bond acceptors (Lipinski definition) is 6. The zero-order valence-corrected chi connectivity index (χ0v) is 18.0. The van der Waals surface area contributed by atoms with Gasteiger partial charge in [-0.05, 0) is 74.0 Å². The molecule has 1 atom stereocenters. The van der Waals surface area contributed by atoms with Gasteiger partial charge >= 0.3 is 0 Å². The quantitative estimate of drug-likeness (QED) is 0.798. The number of pyridine rings is 1. The summed E-state index contributed by atoms with van der Waals surface area (Å²) in [5.74, 6) is 0.134. The van der Waals surface area contributed by atoms with Gasteiger partial charge in [-0.3, -0.25) is 14.7 Å². The van der Waals surface area contributed by atoms with Gasteiger partial charge < -0.3 is 10.0 Å². The normalized spacial score (nSPS) is 21.5. The van der Waals surface area contributed by atoms with Crippen LogP contribution >= 0.6 is 11.3 Å². The minimum Gasteiger partial charge on any atom is -0.391 e. The van der Waals surface area contributed by atoms with Crippen molar-refractivity contribution in [1.29, 1.82) is 5.26 Å². The summed E-state index contributed by atoms with van der Waals surface area (Å²) in [4.78, 5) is 23.2. The fourth-order valence-corrected chi connectivity index (χ4v) is 5.64. The monoisotopic (exact) mass is 424 g/mol. The summed E-state index contributed by atoms with van der Waals surface area (Å²) in [6.45, 7) is 4.01. The largest absolute Gasteiger partial charge is 0.391 e. The molecule has 30 heavy (non-hydrogen) atoms. The van der Waals surface area contributed by atoms with E-state index in [4.69, 9.17) is 5.26 Å². The van der Waals surface area contributed by atoms with Crippen LogP contribution in [0.2, 0.25) is 0 Å². The molecule has 2 saturated heterocycles.